The fourth-order valence-electron chi connectivity index (χ4n) is 2.24. The van der Waals surface area contributed by atoms with Gasteiger partial charge in [-0.2, -0.15) is 0 Å². The van der Waals surface area contributed by atoms with Crippen LogP contribution in [0.3, 0.4) is 0 Å². The van der Waals surface area contributed by atoms with Crippen molar-refractivity contribution < 1.29 is 0 Å². The van der Waals surface area contributed by atoms with Crippen LogP contribution < -0.4 is 5.32 Å². The van der Waals surface area contributed by atoms with Gasteiger partial charge in [0.15, 0.2) is 0 Å². The molecule has 0 unspecified atom stereocenters. The molecule has 0 aromatic rings. The van der Waals surface area contributed by atoms with E-state index in [0.717, 1.165) is 6.04 Å². The number of nitrogens with one attached hydrogen (secondary N) is 1. The molecule has 1 heterocycles. The number of likely N-dealkylation sites (tertiary alicyclic amines) is 1. The molecule has 0 aromatic heterocycles. The van der Waals surface area contributed by atoms with Gasteiger partial charge >= 0.3 is 0 Å². The minimum atomic E-state index is 0.897. The number of hydrogen-bond donors (Lipinski definition) is 1. The van der Waals surface area contributed by atoms with Crippen LogP contribution in [0, 0.1) is 0 Å². The van der Waals surface area contributed by atoms with Gasteiger partial charge in [0.1, 0.15) is 0 Å². The predicted octanol–water partition coefficient (Wildman–Crippen LogP) is 2.00. The van der Waals surface area contributed by atoms with E-state index in [1.54, 1.807) is 0 Å². The van der Waals surface area contributed by atoms with Crippen LogP contribution in [0.1, 0.15) is 44.9 Å². The van der Waals surface area contributed by atoms with Gasteiger partial charge in [0.25, 0.3) is 0 Å². The highest BCUT2D eigenvalue weighted by molar-refractivity contribution is 4.80. The molecule has 1 aliphatic heterocycles. The molecule has 2 heteroatoms. The summed E-state index contributed by atoms with van der Waals surface area (Å²) in [7, 11) is 0. The summed E-state index contributed by atoms with van der Waals surface area (Å²) in [5.41, 5.74) is 0. The molecule has 14 heavy (non-hydrogen) atoms. The first-order valence-electron chi connectivity index (χ1n) is 6.41. The SMILES string of the molecule is C(CCNC1CC1)CCN1CCCC1. The first-order valence-corrected chi connectivity index (χ1v) is 6.41. The van der Waals surface area contributed by atoms with Crippen LogP contribution in [0.25, 0.3) is 0 Å². The molecule has 1 aliphatic carbocycles. The van der Waals surface area contributed by atoms with Crippen LogP contribution in [-0.4, -0.2) is 37.1 Å². The minimum absolute atomic E-state index is 0.897. The summed E-state index contributed by atoms with van der Waals surface area (Å²) in [5, 5.41) is 3.57. The predicted molar refractivity (Wildman–Crippen MR) is 60.5 cm³/mol. The number of hydrogen-bond acceptors (Lipinski definition) is 2. The summed E-state index contributed by atoms with van der Waals surface area (Å²) in [6.45, 7) is 5.33. The van der Waals surface area contributed by atoms with Crippen molar-refractivity contribution >= 4 is 0 Å². The van der Waals surface area contributed by atoms with E-state index in [-0.39, 0.29) is 0 Å². The maximum atomic E-state index is 3.57. The molecule has 2 aliphatic rings. The molecule has 1 saturated heterocycles. The smallest absolute Gasteiger partial charge is 0.00682 e. The van der Waals surface area contributed by atoms with Gasteiger partial charge in [0.05, 0.1) is 0 Å². The molecule has 0 bridgehead atoms. The normalized spacial score (nSPS) is 23.1. The summed E-state index contributed by atoms with van der Waals surface area (Å²) in [6.07, 6.45) is 9.92. The Bertz CT molecular complexity index is 148. The van der Waals surface area contributed by atoms with Crippen molar-refractivity contribution in [1.82, 2.24) is 10.2 Å². The molecule has 0 spiro atoms. The lowest BCUT2D eigenvalue weighted by molar-refractivity contribution is 0.328. The fraction of sp³-hybridized carbons (Fsp3) is 1.00. The Morgan fingerprint density at radius 2 is 1.79 bits per heavy atom. The summed E-state index contributed by atoms with van der Waals surface area (Å²) >= 11 is 0. The molecular weight excluding hydrogens is 172 g/mol. The Kier molecular flexibility index (Phi) is 4.26. The van der Waals surface area contributed by atoms with Gasteiger partial charge in [-0.3, -0.25) is 0 Å². The van der Waals surface area contributed by atoms with E-state index in [2.05, 4.69) is 10.2 Å². The topological polar surface area (TPSA) is 15.3 Å². The van der Waals surface area contributed by atoms with Crippen molar-refractivity contribution in [2.75, 3.05) is 26.2 Å². The summed E-state index contributed by atoms with van der Waals surface area (Å²) in [5.74, 6) is 0. The van der Waals surface area contributed by atoms with Crippen LogP contribution in [0.2, 0.25) is 0 Å². The third-order valence-corrected chi connectivity index (χ3v) is 3.36. The molecule has 0 aromatic carbocycles. The molecule has 0 radical (unpaired) electrons. The third-order valence-electron chi connectivity index (χ3n) is 3.36. The van der Waals surface area contributed by atoms with Gasteiger partial charge in [-0.05, 0) is 64.7 Å². The van der Waals surface area contributed by atoms with Crippen molar-refractivity contribution in [1.29, 1.82) is 0 Å². The van der Waals surface area contributed by atoms with Crippen molar-refractivity contribution in [3.63, 3.8) is 0 Å². The van der Waals surface area contributed by atoms with E-state index >= 15 is 0 Å². The molecule has 0 amide bonds. The van der Waals surface area contributed by atoms with E-state index in [9.17, 15) is 0 Å². The monoisotopic (exact) mass is 196 g/mol. The zero-order chi connectivity index (χ0) is 9.64. The zero-order valence-corrected chi connectivity index (χ0v) is 9.30. The van der Waals surface area contributed by atoms with E-state index < -0.39 is 0 Å². The molecular formula is C12H24N2. The Balaban J connectivity index is 1.35. The maximum Gasteiger partial charge on any atom is 0.00682 e. The standard InChI is InChI=1S/C12H24N2/c1(2-8-13-12-6-7-12)3-9-14-10-4-5-11-14/h12-13H,1-11H2. The third kappa shape index (κ3) is 3.97. The Hall–Kier alpha value is -0.0800. The average Bonchev–Trinajstić information content (AvgIpc) is 2.87. The number of rotatable bonds is 7. The first kappa shape index (κ1) is 10.4. The molecule has 82 valence electrons. The van der Waals surface area contributed by atoms with E-state index in [0.29, 0.717) is 0 Å². The fourth-order valence-corrected chi connectivity index (χ4v) is 2.24. The quantitative estimate of drug-likeness (QED) is 0.627. The number of nitrogens with zero attached hydrogens (tertiary/aromatic N) is 1. The second kappa shape index (κ2) is 5.72. The molecule has 1 saturated carbocycles. The average molecular weight is 196 g/mol. The van der Waals surface area contributed by atoms with E-state index in [1.807, 2.05) is 0 Å². The highest BCUT2D eigenvalue weighted by Crippen LogP contribution is 2.18. The van der Waals surface area contributed by atoms with Crippen LogP contribution in [0.5, 0.6) is 0 Å². The Labute approximate surface area is 88.1 Å². The lowest BCUT2D eigenvalue weighted by Gasteiger charge is -2.13. The van der Waals surface area contributed by atoms with Crippen molar-refractivity contribution in [2.24, 2.45) is 0 Å². The molecule has 1 N–H and O–H groups in total. The van der Waals surface area contributed by atoms with Gasteiger partial charge in [-0.25, -0.2) is 0 Å². The number of unbranched alkanes of at least 4 members (excludes halogenated alkanes) is 2. The van der Waals surface area contributed by atoms with Gasteiger partial charge in [0, 0.05) is 6.04 Å². The highest BCUT2D eigenvalue weighted by atomic mass is 15.1. The summed E-state index contributed by atoms with van der Waals surface area (Å²) in [4.78, 5) is 2.62. The van der Waals surface area contributed by atoms with Crippen LogP contribution in [0.4, 0.5) is 0 Å². The molecule has 2 nitrogen and oxygen atoms in total. The van der Waals surface area contributed by atoms with Crippen molar-refractivity contribution in [2.45, 2.75) is 51.0 Å². The van der Waals surface area contributed by atoms with E-state index in [1.165, 1.54) is 71.1 Å². The lowest BCUT2D eigenvalue weighted by atomic mass is 10.2. The zero-order valence-electron chi connectivity index (χ0n) is 9.30. The maximum absolute atomic E-state index is 3.57. The lowest BCUT2D eigenvalue weighted by Crippen LogP contribution is -2.21. The summed E-state index contributed by atoms with van der Waals surface area (Å²) in [6, 6.07) is 0.897. The molecule has 2 fully saturated rings. The van der Waals surface area contributed by atoms with Gasteiger partial charge in [-0.15, -0.1) is 0 Å². The first-order chi connectivity index (χ1) is 6.95. The van der Waals surface area contributed by atoms with Gasteiger partial charge in [-0.1, -0.05) is 6.42 Å². The van der Waals surface area contributed by atoms with Crippen molar-refractivity contribution in [3.8, 4) is 0 Å². The van der Waals surface area contributed by atoms with Crippen LogP contribution in [-0.2, 0) is 0 Å². The molecule has 0 atom stereocenters. The van der Waals surface area contributed by atoms with Crippen LogP contribution >= 0.6 is 0 Å². The minimum Gasteiger partial charge on any atom is -0.314 e. The van der Waals surface area contributed by atoms with Crippen LogP contribution in [0.15, 0.2) is 0 Å². The van der Waals surface area contributed by atoms with Gasteiger partial charge in [0.2, 0.25) is 0 Å². The highest BCUT2D eigenvalue weighted by Gasteiger charge is 2.19. The Morgan fingerprint density at radius 1 is 1.00 bits per heavy atom. The van der Waals surface area contributed by atoms with Gasteiger partial charge < -0.3 is 10.2 Å². The second-order valence-electron chi connectivity index (χ2n) is 4.84. The van der Waals surface area contributed by atoms with Crippen molar-refractivity contribution in [3.05, 3.63) is 0 Å². The molecule has 2 rings (SSSR count). The van der Waals surface area contributed by atoms with E-state index in [4.69, 9.17) is 0 Å². The second-order valence-corrected chi connectivity index (χ2v) is 4.84. The summed E-state index contributed by atoms with van der Waals surface area (Å²) < 4.78 is 0. The Morgan fingerprint density at radius 3 is 2.50 bits per heavy atom. The largest absolute Gasteiger partial charge is 0.314 e.